The number of rotatable bonds is 8. The quantitative estimate of drug-likeness (QED) is 0.677. The van der Waals surface area contributed by atoms with Crippen molar-refractivity contribution in [3.8, 4) is 0 Å². The van der Waals surface area contributed by atoms with Crippen molar-refractivity contribution in [2.45, 2.75) is 0 Å². The van der Waals surface area contributed by atoms with Gasteiger partial charge < -0.3 is 24.3 Å². The summed E-state index contributed by atoms with van der Waals surface area (Å²) in [7, 11) is 0. The van der Waals surface area contributed by atoms with Crippen molar-refractivity contribution in [1.29, 1.82) is 0 Å². The average Bonchev–Trinajstić information content (AvgIpc) is 2.84. The zero-order valence-corrected chi connectivity index (χ0v) is 13.7. The van der Waals surface area contributed by atoms with E-state index in [1.165, 1.54) is 17.4 Å². The number of ether oxygens (including phenoxy) is 1. The van der Waals surface area contributed by atoms with Crippen LogP contribution < -0.4 is 10.3 Å². The monoisotopic (exact) mass is 377 g/mol. The smallest absolute Gasteiger partial charge is 0.204 e. The molecule has 0 bridgehead atoms. The molecule has 2 heterocycles. The third-order valence-electron chi connectivity index (χ3n) is 2.81. The maximum absolute atomic E-state index is 12.1. The Bertz CT molecular complexity index is 641. The van der Waals surface area contributed by atoms with Crippen molar-refractivity contribution in [2.24, 2.45) is 0 Å². The molecule has 2 aromatic heterocycles. The number of hydrogen-bond donors (Lipinski definition) is 2. The fourth-order valence-electron chi connectivity index (χ4n) is 1.85. The van der Waals surface area contributed by atoms with Gasteiger partial charge in [-0.25, -0.2) is 0 Å². The first kappa shape index (κ1) is 16.4. The van der Waals surface area contributed by atoms with Crippen LogP contribution in [0.25, 0.3) is 10.3 Å². The summed E-state index contributed by atoms with van der Waals surface area (Å²) in [6, 6.07) is 1.42. The van der Waals surface area contributed by atoms with Crippen LogP contribution in [-0.2, 0) is 4.74 Å². The van der Waals surface area contributed by atoms with E-state index in [1.807, 2.05) is 0 Å². The molecule has 0 aliphatic carbocycles. The highest BCUT2D eigenvalue weighted by Gasteiger charge is 2.14. The van der Waals surface area contributed by atoms with Crippen LogP contribution in [0.4, 0.5) is 5.88 Å². The van der Waals surface area contributed by atoms with E-state index in [4.69, 9.17) is 19.4 Å². The molecule has 21 heavy (non-hydrogen) atoms. The topological polar surface area (TPSA) is 83.1 Å². The first-order valence-corrected chi connectivity index (χ1v) is 8.10. The van der Waals surface area contributed by atoms with Gasteiger partial charge in [-0.3, -0.25) is 4.79 Å². The molecule has 2 aromatic rings. The number of nitrogens with zero attached hydrogens (tertiary/aromatic N) is 1. The third-order valence-corrected chi connectivity index (χ3v) is 4.68. The van der Waals surface area contributed by atoms with Crippen LogP contribution >= 0.6 is 27.3 Å². The normalized spacial score (nSPS) is 11.2. The first-order valence-electron chi connectivity index (χ1n) is 6.42. The highest BCUT2D eigenvalue weighted by molar-refractivity contribution is 9.10. The van der Waals surface area contributed by atoms with Gasteiger partial charge in [0.25, 0.3) is 0 Å². The minimum Gasteiger partial charge on any atom is -0.438 e. The fraction of sp³-hybridized carbons (Fsp3) is 0.462. The Morgan fingerprint density at radius 2 is 2.10 bits per heavy atom. The third kappa shape index (κ3) is 4.04. The van der Waals surface area contributed by atoms with Crippen molar-refractivity contribution in [3.63, 3.8) is 0 Å². The lowest BCUT2D eigenvalue weighted by molar-refractivity contribution is 0.0959. The summed E-state index contributed by atoms with van der Waals surface area (Å²) < 4.78 is 12.3. The Morgan fingerprint density at radius 1 is 1.29 bits per heavy atom. The average molecular weight is 378 g/mol. The highest BCUT2D eigenvalue weighted by atomic mass is 79.9. The van der Waals surface area contributed by atoms with E-state index in [0.717, 1.165) is 4.47 Å². The Morgan fingerprint density at radius 3 is 2.81 bits per heavy atom. The lowest BCUT2D eigenvalue weighted by atomic mass is 10.4. The Balaban J connectivity index is 2.22. The number of thiophene rings is 1. The molecule has 2 N–H and O–H groups in total. The van der Waals surface area contributed by atoms with Gasteiger partial charge in [-0.1, -0.05) is 0 Å². The Hall–Kier alpha value is -0.930. The predicted molar refractivity (Wildman–Crippen MR) is 85.3 cm³/mol. The minimum atomic E-state index is -0.110. The van der Waals surface area contributed by atoms with E-state index in [0.29, 0.717) is 35.9 Å². The first-order chi connectivity index (χ1) is 10.2. The second-order valence-electron chi connectivity index (χ2n) is 4.24. The van der Waals surface area contributed by atoms with Crippen LogP contribution in [0, 0.1) is 0 Å². The van der Waals surface area contributed by atoms with Gasteiger partial charge in [-0.2, -0.15) is 0 Å². The molecule has 0 aromatic carbocycles. The standard InChI is InChI=1S/C13H16BrNO5S/c14-9-8-21-13-10(18)7-11(20-12(9)13)15(1-3-16)2-5-19-6-4-17/h7-8,16-17H,1-6H2. The number of halogens is 1. The molecule has 0 atom stereocenters. The van der Waals surface area contributed by atoms with Crippen LogP contribution in [0.1, 0.15) is 0 Å². The van der Waals surface area contributed by atoms with Crippen LogP contribution in [0.5, 0.6) is 0 Å². The van der Waals surface area contributed by atoms with E-state index in [9.17, 15) is 4.79 Å². The molecular weight excluding hydrogens is 362 g/mol. The lowest BCUT2D eigenvalue weighted by Gasteiger charge is -2.21. The largest absolute Gasteiger partial charge is 0.438 e. The van der Waals surface area contributed by atoms with Gasteiger partial charge in [0, 0.05) is 24.5 Å². The molecular formula is C13H16BrNO5S. The summed E-state index contributed by atoms with van der Waals surface area (Å²) in [6.45, 7) is 1.31. The predicted octanol–water partition coefficient (Wildman–Crippen LogP) is 1.42. The molecule has 0 aliphatic heterocycles. The van der Waals surface area contributed by atoms with Gasteiger partial charge >= 0.3 is 0 Å². The molecule has 0 amide bonds. The Kier molecular flexibility index (Phi) is 6.19. The minimum absolute atomic E-state index is 0.0388. The van der Waals surface area contributed by atoms with Crippen molar-refractivity contribution < 1.29 is 19.4 Å². The van der Waals surface area contributed by atoms with E-state index in [-0.39, 0.29) is 25.2 Å². The highest BCUT2D eigenvalue weighted by Crippen LogP contribution is 2.30. The van der Waals surface area contributed by atoms with Crippen LogP contribution in [0.2, 0.25) is 0 Å². The van der Waals surface area contributed by atoms with E-state index >= 15 is 0 Å². The van der Waals surface area contributed by atoms with Gasteiger partial charge in [0.05, 0.1) is 30.9 Å². The second-order valence-corrected chi connectivity index (χ2v) is 5.97. The molecule has 2 rings (SSSR count). The lowest BCUT2D eigenvalue weighted by Crippen LogP contribution is -2.31. The van der Waals surface area contributed by atoms with Gasteiger partial charge in [0.2, 0.25) is 5.43 Å². The summed E-state index contributed by atoms with van der Waals surface area (Å²) in [5.41, 5.74) is 0.405. The van der Waals surface area contributed by atoms with Crippen LogP contribution in [0.15, 0.2) is 25.1 Å². The van der Waals surface area contributed by atoms with E-state index < -0.39 is 0 Å². The van der Waals surface area contributed by atoms with E-state index in [1.54, 1.807) is 10.3 Å². The van der Waals surface area contributed by atoms with Gasteiger partial charge in [0.1, 0.15) is 4.70 Å². The van der Waals surface area contributed by atoms with Crippen LogP contribution in [0.3, 0.4) is 0 Å². The molecule has 0 radical (unpaired) electrons. The number of anilines is 1. The van der Waals surface area contributed by atoms with Crippen molar-refractivity contribution >= 4 is 43.4 Å². The van der Waals surface area contributed by atoms with Crippen molar-refractivity contribution in [3.05, 3.63) is 26.1 Å². The molecule has 0 aliphatic rings. The molecule has 0 spiro atoms. The van der Waals surface area contributed by atoms with Crippen molar-refractivity contribution in [2.75, 3.05) is 44.4 Å². The fourth-order valence-corrected chi connectivity index (χ4v) is 3.31. The Labute approximate surface area is 133 Å². The maximum atomic E-state index is 12.1. The van der Waals surface area contributed by atoms with Gasteiger partial charge in [-0.15, -0.1) is 11.3 Å². The van der Waals surface area contributed by atoms with Crippen LogP contribution in [-0.4, -0.2) is 49.7 Å². The summed E-state index contributed by atoms with van der Waals surface area (Å²) >= 11 is 4.68. The molecule has 0 fully saturated rings. The number of aliphatic hydroxyl groups is 2. The maximum Gasteiger partial charge on any atom is 0.204 e. The number of fused-ring (bicyclic) bond motifs is 1. The summed E-state index contributed by atoms with van der Waals surface area (Å²) in [5.74, 6) is 0.397. The number of aliphatic hydroxyl groups excluding tert-OH is 2. The summed E-state index contributed by atoms with van der Waals surface area (Å²) in [5, 5.41) is 19.6. The van der Waals surface area contributed by atoms with E-state index in [2.05, 4.69) is 15.9 Å². The SMILES string of the molecule is O=c1cc(N(CCO)CCOCCO)oc2c(Br)csc12. The molecule has 8 heteroatoms. The molecule has 0 saturated carbocycles. The molecule has 0 unspecified atom stereocenters. The van der Waals surface area contributed by atoms with Gasteiger partial charge in [0.15, 0.2) is 11.5 Å². The summed E-state index contributed by atoms with van der Waals surface area (Å²) in [4.78, 5) is 13.8. The second kappa shape index (κ2) is 7.90. The zero-order valence-electron chi connectivity index (χ0n) is 11.2. The molecule has 6 nitrogen and oxygen atoms in total. The molecule has 116 valence electrons. The summed E-state index contributed by atoms with van der Waals surface area (Å²) in [6.07, 6.45) is 0. The zero-order chi connectivity index (χ0) is 15.2. The van der Waals surface area contributed by atoms with Gasteiger partial charge in [-0.05, 0) is 15.9 Å². The number of hydrogen-bond acceptors (Lipinski definition) is 7. The van der Waals surface area contributed by atoms with Crippen molar-refractivity contribution in [1.82, 2.24) is 0 Å². The molecule has 0 saturated heterocycles.